The van der Waals surface area contributed by atoms with Crippen molar-refractivity contribution in [2.45, 2.75) is 30.2 Å². The first kappa shape index (κ1) is 26.0. The lowest BCUT2D eigenvalue weighted by Gasteiger charge is -2.31. The van der Waals surface area contributed by atoms with Crippen LogP contribution in [0.25, 0.3) is 10.9 Å². The molecule has 0 radical (unpaired) electrons. The number of H-pyrrole nitrogens is 1. The van der Waals surface area contributed by atoms with Crippen LogP contribution >= 0.6 is 23.2 Å². The van der Waals surface area contributed by atoms with Crippen LogP contribution in [0.2, 0.25) is 10.0 Å². The molecule has 1 unspecified atom stereocenters. The third kappa shape index (κ3) is 5.10. The van der Waals surface area contributed by atoms with Crippen molar-refractivity contribution >= 4 is 44.1 Å². The fraction of sp³-hybridized carbons (Fsp3) is 0.269. The van der Waals surface area contributed by atoms with E-state index in [0.29, 0.717) is 14.4 Å². The van der Waals surface area contributed by atoms with E-state index in [1.807, 2.05) is 66.7 Å². The Bertz CT molecular complexity index is 1530. The van der Waals surface area contributed by atoms with Crippen molar-refractivity contribution in [2.75, 3.05) is 13.1 Å². The van der Waals surface area contributed by atoms with Crippen molar-refractivity contribution in [1.29, 1.82) is 0 Å². The molecule has 1 aromatic heterocycles. The summed E-state index contributed by atoms with van der Waals surface area (Å²) in [5, 5.41) is 9.58. The lowest BCUT2D eigenvalue weighted by molar-refractivity contribution is -0.0494. The molecule has 194 valence electrons. The highest BCUT2D eigenvalue weighted by Crippen LogP contribution is 2.39. The predicted octanol–water partition coefficient (Wildman–Crippen LogP) is 7.08. The van der Waals surface area contributed by atoms with Crippen molar-refractivity contribution in [3.63, 3.8) is 0 Å². The van der Waals surface area contributed by atoms with Crippen LogP contribution in [-0.4, -0.2) is 41.5 Å². The van der Waals surface area contributed by atoms with Gasteiger partial charge in [-0.05, 0) is 65.9 Å². The second-order valence-electron chi connectivity index (χ2n) is 9.08. The Labute approximate surface area is 222 Å². The van der Waals surface area contributed by atoms with E-state index in [2.05, 4.69) is 10.2 Å². The van der Waals surface area contributed by atoms with Crippen LogP contribution in [-0.2, 0) is 10.0 Å². The average molecular weight is 568 g/mol. The van der Waals surface area contributed by atoms with Crippen molar-refractivity contribution in [1.82, 2.24) is 14.5 Å². The molecular weight excluding hydrogens is 546 g/mol. The first-order chi connectivity index (χ1) is 17.5. The van der Waals surface area contributed by atoms with Crippen LogP contribution in [0, 0.1) is 0 Å². The molecule has 0 aliphatic carbocycles. The summed E-state index contributed by atoms with van der Waals surface area (Å²) < 4.78 is 63.1. The molecule has 2 heterocycles. The Morgan fingerprint density at radius 2 is 1.54 bits per heavy atom. The number of nitrogens with zero attached hydrogens (tertiary/aromatic N) is 2. The lowest BCUT2D eigenvalue weighted by Crippen LogP contribution is -2.44. The van der Waals surface area contributed by atoms with Crippen molar-refractivity contribution < 1.29 is 21.6 Å². The monoisotopic (exact) mass is 567 g/mol. The molecule has 3 aromatic carbocycles. The van der Waals surface area contributed by atoms with E-state index in [9.17, 15) is 21.6 Å². The summed E-state index contributed by atoms with van der Waals surface area (Å²) in [6.07, 6.45) is 0.489. The van der Waals surface area contributed by atoms with Gasteiger partial charge in [-0.1, -0.05) is 53.5 Å². The van der Waals surface area contributed by atoms with Gasteiger partial charge < -0.3 is 0 Å². The summed E-state index contributed by atoms with van der Waals surface area (Å²) in [5.74, 6) is -0.328. The van der Waals surface area contributed by atoms with Crippen LogP contribution in [0.1, 0.15) is 47.1 Å². The zero-order chi connectivity index (χ0) is 26.4. The Morgan fingerprint density at radius 3 is 2.19 bits per heavy atom. The molecule has 1 aliphatic rings. The van der Waals surface area contributed by atoms with Gasteiger partial charge in [0.2, 0.25) is 0 Å². The topological polar surface area (TPSA) is 66.1 Å². The molecule has 1 N–H and O–H groups in total. The van der Waals surface area contributed by atoms with Crippen LogP contribution < -0.4 is 0 Å². The smallest absolute Gasteiger partial charge is 0.278 e. The number of sulfonamides is 1. The molecule has 1 aliphatic heterocycles. The number of nitrogens with one attached hydrogen (secondary N) is 1. The normalized spacial score (nSPS) is 16.8. The second-order valence-corrected chi connectivity index (χ2v) is 11.9. The summed E-state index contributed by atoms with van der Waals surface area (Å²) >= 11 is 12.4. The number of rotatable bonds is 5. The molecular formula is C26H22Cl2F3N3O2S. The standard InChI is InChI=1S/C26H22Cl2F3N3O2S/c27-20-7-4-16(5-8-20)24(18-2-1-3-21(28)14-18)19-6-9-23-22(15-19)25(33-32-23)17-10-12-34(13-11-17)37(35,36)26(29,30)31/h1-9,14-15,17,24H,10-13H2,(H,32,33). The summed E-state index contributed by atoms with van der Waals surface area (Å²) in [6.45, 7) is -0.424. The van der Waals surface area contributed by atoms with Gasteiger partial charge in [0.25, 0.3) is 0 Å². The minimum atomic E-state index is -5.34. The number of halogens is 5. The van der Waals surface area contributed by atoms with Crippen molar-refractivity contribution in [3.8, 4) is 0 Å². The number of alkyl halides is 3. The maximum Gasteiger partial charge on any atom is 0.511 e. The van der Waals surface area contributed by atoms with Gasteiger partial charge in [-0.25, -0.2) is 8.42 Å². The van der Waals surface area contributed by atoms with Crippen LogP contribution in [0.3, 0.4) is 0 Å². The molecule has 1 atom stereocenters. The van der Waals surface area contributed by atoms with Crippen LogP contribution in [0.15, 0.2) is 66.7 Å². The highest BCUT2D eigenvalue weighted by molar-refractivity contribution is 7.90. The first-order valence-corrected chi connectivity index (χ1v) is 13.8. The van der Waals surface area contributed by atoms with E-state index in [4.69, 9.17) is 23.2 Å². The van der Waals surface area contributed by atoms with E-state index in [0.717, 1.165) is 33.3 Å². The summed E-state index contributed by atoms with van der Waals surface area (Å²) in [7, 11) is -5.34. The molecule has 1 saturated heterocycles. The molecule has 4 aromatic rings. The van der Waals surface area contributed by atoms with Gasteiger partial charge in [0.1, 0.15) is 0 Å². The van der Waals surface area contributed by atoms with Crippen molar-refractivity contribution in [3.05, 3.63) is 99.2 Å². The fourth-order valence-electron chi connectivity index (χ4n) is 4.98. The second kappa shape index (κ2) is 9.94. The van der Waals surface area contributed by atoms with Gasteiger partial charge >= 0.3 is 15.5 Å². The zero-order valence-electron chi connectivity index (χ0n) is 19.3. The number of hydrogen-bond acceptors (Lipinski definition) is 3. The molecule has 1 fully saturated rings. The zero-order valence-corrected chi connectivity index (χ0v) is 21.7. The fourth-order valence-corrected chi connectivity index (χ4v) is 6.29. The first-order valence-electron chi connectivity index (χ1n) is 11.6. The molecule has 0 saturated carbocycles. The van der Waals surface area contributed by atoms with E-state index in [-0.39, 0.29) is 37.8 Å². The third-order valence-electron chi connectivity index (χ3n) is 6.81. The summed E-state index contributed by atoms with van der Waals surface area (Å²) in [6, 6.07) is 21.2. The number of fused-ring (bicyclic) bond motifs is 1. The van der Waals surface area contributed by atoms with E-state index in [1.165, 1.54) is 0 Å². The minimum Gasteiger partial charge on any atom is -0.278 e. The highest BCUT2D eigenvalue weighted by Gasteiger charge is 2.50. The van der Waals surface area contributed by atoms with Gasteiger partial charge in [-0.3, -0.25) is 5.10 Å². The van der Waals surface area contributed by atoms with Crippen LogP contribution in [0.5, 0.6) is 0 Å². The lowest BCUT2D eigenvalue weighted by atomic mass is 9.84. The van der Waals surface area contributed by atoms with Gasteiger partial charge in [-0.2, -0.15) is 22.6 Å². The number of piperidine rings is 1. The number of aromatic amines is 1. The minimum absolute atomic E-state index is 0.151. The Balaban J connectivity index is 1.50. The quantitative estimate of drug-likeness (QED) is 0.262. The Kier molecular flexibility index (Phi) is 7.00. The predicted molar refractivity (Wildman–Crippen MR) is 138 cm³/mol. The number of benzene rings is 3. The van der Waals surface area contributed by atoms with Crippen LogP contribution in [0.4, 0.5) is 13.2 Å². The third-order valence-corrected chi connectivity index (χ3v) is 8.93. The van der Waals surface area contributed by atoms with Gasteiger partial charge in [0.05, 0.1) is 11.2 Å². The SMILES string of the molecule is O=S(=O)(N1CCC(c2n[nH]c3ccc(C(c4ccc(Cl)cc4)c4cccc(Cl)c4)cc23)CC1)C(F)(F)F. The van der Waals surface area contributed by atoms with E-state index in [1.54, 1.807) is 0 Å². The Hall–Kier alpha value is -2.59. The molecule has 5 rings (SSSR count). The molecule has 37 heavy (non-hydrogen) atoms. The van der Waals surface area contributed by atoms with E-state index >= 15 is 0 Å². The molecule has 11 heteroatoms. The van der Waals surface area contributed by atoms with Gasteiger partial charge in [0, 0.05) is 40.4 Å². The van der Waals surface area contributed by atoms with E-state index < -0.39 is 15.5 Å². The average Bonchev–Trinajstić information content (AvgIpc) is 3.28. The van der Waals surface area contributed by atoms with Gasteiger partial charge in [0.15, 0.2) is 0 Å². The maximum absolute atomic E-state index is 13.0. The Morgan fingerprint density at radius 1 is 0.892 bits per heavy atom. The summed E-state index contributed by atoms with van der Waals surface area (Å²) in [4.78, 5) is 0. The number of hydrogen-bond donors (Lipinski definition) is 1. The molecule has 0 bridgehead atoms. The maximum atomic E-state index is 13.0. The number of aromatic nitrogens is 2. The van der Waals surface area contributed by atoms with Crippen molar-refractivity contribution in [2.24, 2.45) is 0 Å². The molecule has 0 amide bonds. The molecule has 0 spiro atoms. The highest BCUT2D eigenvalue weighted by atomic mass is 35.5. The van der Waals surface area contributed by atoms with Gasteiger partial charge in [-0.15, -0.1) is 0 Å². The summed E-state index contributed by atoms with van der Waals surface area (Å²) in [5.41, 5.74) is -0.791. The largest absolute Gasteiger partial charge is 0.511 e. The molecule has 5 nitrogen and oxygen atoms in total.